The SMILES string of the molecule is CN(CC1CCCO1)C(=O)c1cn(CCN)cn1. The van der Waals surface area contributed by atoms with Gasteiger partial charge in [-0.25, -0.2) is 4.98 Å². The zero-order valence-electron chi connectivity index (χ0n) is 10.7. The third-order valence-electron chi connectivity index (χ3n) is 3.09. The van der Waals surface area contributed by atoms with Crippen molar-refractivity contribution in [2.75, 3.05) is 26.7 Å². The summed E-state index contributed by atoms with van der Waals surface area (Å²) in [5, 5.41) is 0. The van der Waals surface area contributed by atoms with E-state index in [0.717, 1.165) is 19.4 Å². The van der Waals surface area contributed by atoms with Crippen LogP contribution in [0.3, 0.4) is 0 Å². The molecule has 0 saturated carbocycles. The van der Waals surface area contributed by atoms with Gasteiger partial charge in [0.05, 0.1) is 12.4 Å². The molecule has 1 aromatic rings. The number of amides is 1. The Labute approximate surface area is 107 Å². The van der Waals surface area contributed by atoms with Gasteiger partial charge in [0.1, 0.15) is 5.69 Å². The lowest BCUT2D eigenvalue weighted by molar-refractivity contribution is 0.0583. The van der Waals surface area contributed by atoms with E-state index in [1.165, 1.54) is 0 Å². The number of rotatable bonds is 5. The van der Waals surface area contributed by atoms with Gasteiger partial charge in [-0.15, -0.1) is 0 Å². The molecule has 2 rings (SSSR count). The molecule has 1 atom stereocenters. The summed E-state index contributed by atoms with van der Waals surface area (Å²) in [6.45, 7) is 2.64. The number of carbonyl (C=O) groups excluding carboxylic acids is 1. The first-order valence-electron chi connectivity index (χ1n) is 6.29. The Bertz CT molecular complexity index is 399. The highest BCUT2D eigenvalue weighted by atomic mass is 16.5. The van der Waals surface area contributed by atoms with Crippen LogP contribution >= 0.6 is 0 Å². The third kappa shape index (κ3) is 3.08. The molecule has 1 aromatic heterocycles. The summed E-state index contributed by atoms with van der Waals surface area (Å²) in [7, 11) is 1.78. The molecule has 1 saturated heterocycles. The highest BCUT2D eigenvalue weighted by Gasteiger charge is 2.21. The smallest absolute Gasteiger partial charge is 0.273 e. The molecule has 1 amide bonds. The molecule has 0 bridgehead atoms. The summed E-state index contributed by atoms with van der Waals surface area (Å²) in [6, 6.07) is 0. The van der Waals surface area contributed by atoms with Crippen molar-refractivity contribution in [2.45, 2.75) is 25.5 Å². The van der Waals surface area contributed by atoms with Gasteiger partial charge in [0.2, 0.25) is 0 Å². The molecule has 1 aliphatic rings. The number of likely N-dealkylation sites (N-methyl/N-ethyl adjacent to an activating group) is 1. The number of ether oxygens (including phenoxy) is 1. The van der Waals surface area contributed by atoms with Gasteiger partial charge in [-0.3, -0.25) is 4.79 Å². The molecule has 0 radical (unpaired) electrons. The fourth-order valence-electron chi connectivity index (χ4n) is 2.11. The molecule has 0 aromatic carbocycles. The van der Waals surface area contributed by atoms with Crippen molar-refractivity contribution in [1.29, 1.82) is 0 Å². The molecule has 18 heavy (non-hydrogen) atoms. The minimum atomic E-state index is -0.0683. The van der Waals surface area contributed by atoms with E-state index in [2.05, 4.69) is 4.98 Å². The fourth-order valence-corrected chi connectivity index (χ4v) is 2.11. The Morgan fingerprint density at radius 1 is 1.72 bits per heavy atom. The van der Waals surface area contributed by atoms with Crippen molar-refractivity contribution in [3.63, 3.8) is 0 Å². The molecular formula is C12H20N4O2. The van der Waals surface area contributed by atoms with Crippen LogP contribution in [0.25, 0.3) is 0 Å². The maximum atomic E-state index is 12.1. The van der Waals surface area contributed by atoms with E-state index >= 15 is 0 Å². The molecule has 2 N–H and O–H groups in total. The van der Waals surface area contributed by atoms with Crippen LogP contribution in [0.15, 0.2) is 12.5 Å². The van der Waals surface area contributed by atoms with E-state index in [-0.39, 0.29) is 12.0 Å². The van der Waals surface area contributed by atoms with Crippen LogP contribution in [0.2, 0.25) is 0 Å². The summed E-state index contributed by atoms with van der Waals surface area (Å²) in [5.74, 6) is -0.0683. The summed E-state index contributed by atoms with van der Waals surface area (Å²) >= 11 is 0. The lowest BCUT2D eigenvalue weighted by Gasteiger charge is -2.19. The van der Waals surface area contributed by atoms with Gasteiger partial charge in [0, 0.05) is 39.5 Å². The molecule has 6 nitrogen and oxygen atoms in total. The zero-order chi connectivity index (χ0) is 13.0. The summed E-state index contributed by atoms with van der Waals surface area (Å²) in [6.07, 6.45) is 5.66. The Morgan fingerprint density at radius 2 is 2.56 bits per heavy atom. The van der Waals surface area contributed by atoms with Gasteiger partial charge in [-0.05, 0) is 12.8 Å². The highest BCUT2D eigenvalue weighted by molar-refractivity contribution is 5.91. The summed E-state index contributed by atoms with van der Waals surface area (Å²) in [4.78, 5) is 17.9. The number of carbonyl (C=O) groups is 1. The second-order valence-electron chi connectivity index (χ2n) is 4.61. The van der Waals surface area contributed by atoms with Crippen LogP contribution in [0.5, 0.6) is 0 Å². The number of aromatic nitrogens is 2. The molecular weight excluding hydrogens is 232 g/mol. The number of hydrogen-bond donors (Lipinski definition) is 1. The Kier molecular flexibility index (Phi) is 4.33. The number of nitrogens with zero attached hydrogens (tertiary/aromatic N) is 3. The molecule has 100 valence electrons. The van der Waals surface area contributed by atoms with Crippen molar-refractivity contribution in [1.82, 2.24) is 14.5 Å². The average Bonchev–Trinajstić information content (AvgIpc) is 3.00. The first kappa shape index (κ1) is 13.0. The molecule has 1 fully saturated rings. The van der Waals surface area contributed by atoms with Gasteiger partial charge in [0.25, 0.3) is 5.91 Å². The molecule has 1 unspecified atom stereocenters. The molecule has 0 aliphatic carbocycles. The van der Waals surface area contributed by atoms with Crippen LogP contribution in [0.1, 0.15) is 23.3 Å². The Hall–Kier alpha value is -1.40. The van der Waals surface area contributed by atoms with Crippen molar-refractivity contribution in [3.8, 4) is 0 Å². The largest absolute Gasteiger partial charge is 0.376 e. The Morgan fingerprint density at radius 3 is 3.22 bits per heavy atom. The number of hydrogen-bond acceptors (Lipinski definition) is 4. The second-order valence-corrected chi connectivity index (χ2v) is 4.61. The maximum absolute atomic E-state index is 12.1. The van der Waals surface area contributed by atoms with Gasteiger partial charge < -0.3 is 19.9 Å². The quantitative estimate of drug-likeness (QED) is 0.806. The fraction of sp³-hybridized carbons (Fsp3) is 0.667. The predicted octanol–water partition coefficient (Wildman–Crippen LogP) is 0.0928. The third-order valence-corrected chi connectivity index (χ3v) is 3.09. The van der Waals surface area contributed by atoms with Crippen LogP contribution in [-0.4, -0.2) is 53.2 Å². The van der Waals surface area contributed by atoms with Gasteiger partial charge in [-0.2, -0.15) is 0 Å². The van der Waals surface area contributed by atoms with Crippen LogP contribution in [-0.2, 0) is 11.3 Å². The van der Waals surface area contributed by atoms with E-state index in [4.69, 9.17) is 10.5 Å². The summed E-state index contributed by atoms with van der Waals surface area (Å²) < 4.78 is 7.34. The van der Waals surface area contributed by atoms with Gasteiger partial charge >= 0.3 is 0 Å². The molecule has 0 spiro atoms. The highest BCUT2D eigenvalue weighted by Crippen LogP contribution is 2.13. The monoisotopic (exact) mass is 252 g/mol. The minimum Gasteiger partial charge on any atom is -0.376 e. The van der Waals surface area contributed by atoms with E-state index < -0.39 is 0 Å². The van der Waals surface area contributed by atoms with Gasteiger partial charge in [0.15, 0.2) is 0 Å². The van der Waals surface area contributed by atoms with E-state index in [1.54, 1.807) is 24.5 Å². The minimum absolute atomic E-state index is 0.0683. The van der Waals surface area contributed by atoms with Crippen LogP contribution in [0.4, 0.5) is 0 Å². The lowest BCUT2D eigenvalue weighted by atomic mass is 10.2. The van der Waals surface area contributed by atoms with Crippen molar-refractivity contribution >= 4 is 5.91 Å². The normalized spacial score (nSPS) is 19.1. The standard InChI is InChI=1S/C12H20N4O2/c1-15(7-10-3-2-6-18-10)12(17)11-8-16(5-4-13)9-14-11/h8-10H,2-7,13H2,1H3. The Balaban J connectivity index is 1.91. The van der Waals surface area contributed by atoms with E-state index in [9.17, 15) is 4.79 Å². The molecule has 2 heterocycles. The maximum Gasteiger partial charge on any atom is 0.273 e. The van der Waals surface area contributed by atoms with Crippen molar-refractivity contribution < 1.29 is 9.53 Å². The topological polar surface area (TPSA) is 73.4 Å². The predicted molar refractivity (Wildman–Crippen MR) is 67.2 cm³/mol. The first-order valence-corrected chi connectivity index (χ1v) is 6.29. The summed E-state index contributed by atoms with van der Waals surface area (Å²) in [5.41, 5.74) is 5.92. The second kappa shape index (κ2) is 5.97. The van der Waals surface area contributed by atoms with Gasteiger partial charge in [-0.1, -0.05) is 0 Å². The number of imidazole rings is 1. The van der Waals surface area contributed by atoms with E-state index in [1.807, 2.05) is 4.57 Å². The van der Waals surface area contributed by atoms with Crippen LogP contribution in [0, 0.1) is 0 Å². The van der Waals surface area contributed by atoms with Crippen molar-refractivity contribution in [2.24, 2.45) is 5.73 Å². The first-order chi connectivity index (χ1) is 8.70. The van der Waals surface area contributed by atoms with Crippen LogP contribution < -0.4 is 5.73 Å². The zero-order valence-corrected chi connectivity index (χ0v) is 10.7. The van der Waals surface area contributed by atoms with Crippen molar-refractivity contribution in [3.05, 3.63) is 18.2 Å². The number of nitrogens with two attached hydrogens (primary N) is 1. The lowest BCUT2D eigenvalue weighted by Crippen LogP contribution is -2.34. The molecule has 6 heteroatoms. The van der Waals surface area contributed by atoms with E-state index in [0.29, 0.717) is 25.3 Å². The molecule has 1 aliphatic heterocycles. The average molecular weight is 252 g/mol.